The van der Waals surface area contributed by atoms with Crippen LogP contribution in [0, 0.1) is 0 Å². The summed E-state index contributed by atoms with van der Waals surface area (Å²) in [6.45, 7) is 3.31. The summed E-state index contributed by atoms with van der Waals surface area (Å²) in [5.74, 6) is 0. The predicted molar refractivity (Wildman–Crippen MR) is 63.8 cm³/mol. The zero-order valence-electron chi connectivity index (χ0n) is 9.91. The molecule has 0 N–H and O–H groups in total. The minimum absolute atomic E-state index is 0.517. The Hall–Kier alpha value is -0.790. The molecule has 0 spiro atoms. The van der Waals surface area contributed by atoms with Crippen LogP contribution in [-0.2, 0) is 9.53 Å². The number of allylic oxidation sites excluding steroid dienone is 2. The van der Waals surface area contributed by atoms with Crippen LogP contribution in [0.15, 0.2) is 12.2 Å². The number of hydrogen-bond donors (Lipinski definition) is 0. The molecule has 0 aliphatic carbocycles. The van der Waals surface area contributed by atoms with E-state index in [2.05, 4.69) is 23.8 Å². The van der Waals surface area contributed by atoms with E-state index < -0.39 is 0 Å². The molecule has 0 radical (unpaired) electrons. The molecule has 0 saturated carbocycles. The summed E-state index contributed by atoms with van der Waals surface area (Å²) >= 11 is 0. The topological polar surface area (TPSA) is 26.3 Å². The molecule has 2 heteroatoms. The number of ether oxygens (including phenoxy) is 1. The second kappa shape index (κ2) is 13.2. The quantitative estimate of drug-likeness (QED) is 0.295. The lowest BCUT2D eigenvalue weighted by Gasteiger charge is -1.96. The molecule has 88 valence electrons. The molecule has 0 unspecified atom stereocenters. The van der Waals surface area contributed by atoms with Gasteiger partial charge < -0.3 is 4.74 Å². The fourth-order valence-electron chi connectivity index (χ4n) is 1.42. The lowest BCUT2D eigenvalue weighted by atomic mass is 10.1. The van der Waals surface area contributed by atoms with Gasteiger partial charge in [-0.2, -0.15) is 0 Å². The summed E-state index contributed by atoms with van der Waals surface area (Å²) in [5.41, 5.74) is 0. The smallest absolute Gasteiger partial charge is 0.293 e. The Balaban J connectivity index is 3.00. The minimum atomic E-state index is 0.517. The maximum absolute atomic E-state index is 9.83. The first-order chi connectivity index (χ1) is 7.41. The van der Waals surface area contributed by atoms with E-state index in [0.717, 1.165) is 19.3 Å². The maximum atomic E-state index is 9.83. The summed E-state index contributed by atoms with van der Waals surface area (Å²) in [5, 5.41) is 0. The fraction of sp³-hybridized carbons (Fsp3) is 0.769. The van der Waals surface area contributed by atoms with Gasteiger partial charge in [0.25, 0.3) is 6.47 Å². The first kappa shape index (κ1) is 14.2. The summed E-state index contributed by atoms with van der Waals surface area (Å²) < 4.78 is 4.60. The maximum Gasteiger partial charge on any atom is 0.293 e. The summed E-state index contributed by atoms with van der Waals surface area (Å²) in [6.07, 6.45) is 14.3. The first-order valence-corrected chi connectivity index (χ1v) is 6.12. The zero-order valence-corrected chi connectivity index (χ0v) is 9.91. The zero-order chi connectivity index (χ0) is 11.2. The van der Waals surface area contributed by atoms with Crippen molar-refractivity contribution in [1.82, 2.24) is 0 Å². The van der Waals surface area contributed by atoms with Crippen molar-refractivity contribution in [2.24, 2.45) is 0 Å². The number of carbonyl (C=O) groups excluding carboxylic acids is 1. The summed E-state index contributed by atoms with van der Waals surface area (Å²) in [7, 11) is 0. The van der Waals surface area contributed by atoms with Crippen molar-refractivity contribution in [3.63, 3.8) is 0 Å². The molecule has 0 saturated heterocycles. The monoisotopic (exact) mass is 212 g/mol. The predicted octanol–water partition coefficient (Wildman–Crippen LogP) is 3.86. The number of rotatable bonds is 11. The van der Waals surface area contributed by atoms with E-state index in [1.54, 1.807) is 0 Å². The van der Waals surface area contributed by atoms with Crippen molar-refractivity contribution >= 4 is 6.47 Å². The molecule has 2 nitrogen and oxygen atoms in total. The van der Waals surface area contributed by atoms with Gasteiger partial charge in [-0.25, -0.2) is 0 Å². The third-order valence-corrected chi connectivity index (χ3v) is 2.34. The molecule has 0 amide bonds. The van der Waals surface area contributed by atoms with Crippen LogP contribution in [-0.4, -0.2) is 13.1 Å². The highest BCUT2D eigenvalue weighted by atomic mass is 16.5. The Morgan fingerprint density at radius 2 is 1.60 bits per heavy atom. The third-order valence-electron chi connectivity index (χ3n) is 2.34. The molecule has 0 aromatic carbocycles. The van der Waals surface area contributed by atoms with Gasteiger partial charge in [0.05, 0.1) is 6.61 Å². The van der Waals surface area contributed by atoms with Crippen LogP contribution < -0.4 is 0 Å². The van der Waals surface area contributed by atoms with Crippen LogP contribution >= 0.6 is 0 Å². The van der Waals surface area contributed by atoms with E-state index in [4.69, 9.17) is 0 Å². The lowest BCUT2D eigenvalue weighted by Crippen LogP contribution is -1.90. The van der Waals surface area contributed by atoms with Crippen LogP contribution in [0.25, 0.3) is 0 Å². The van der Waals surface area contributed by atoms with Crippen molar-refractivity contribution in [3.8, 4) is 0 Å². The molecule has 0 aromatic heterocycles. The van der Waals surface area contributed by atoms with E-state index in [1.807, 2.05) is 0 Å². The standard InChI is InChI=1S/C13H24O2/c1-2-3-4-5-6-7-8-9-10-11-12-15-13-14/h7-8,13H,2-6,9-12H2,1H3/b8-7-. The molecule has 0 aromatic rings. The number of hydrogen-bond acceptors (Lipinski definition) is 2. The molecular formula is C13H24O2. The van der Waals surface area contributed by atoms with E-state index in [0.29, 0.717) is 13.1 Å². The van der Waals surface area contributed by atoms with Crippen molar-refractivity contribution in [3.05, 3.63) is 12.2 Å². The van der Waals surface area contributed by atoms with Crippen LogP contribution in [0.1, 0.15) is 58.3 Å². The van der Waals surface area contributed by atoms with Crippen LogP contribution in [0.3, 0.4) is 0 Å². The average molecular weight is 212 g/mol. The summed E-state index contributed by atoms with van der Waals surface area (Å²) in [4.78, 5) is 9.83. The van der Waals surface area contributed by atoms with Gasteiger partial charge >= 0.3 is 0 Å². The van der Waals surface area contributed by atoms with Gasteiger partial charge in [-0.3, -0.25) is 4.79 Å². The molecule has 0 heterocycles. The van der Waals surface area contributed by atoms with E-state index in [-0.39, 0.29) is 0 Å². The SMILES string of the molecule is CCCCCC/C=C\CCCCOC=O. The fourth-order valence-corrected chi connectivity index (χ4v) is 1.42. The Morgan fingerprint density at radius 1 is 0.933 bits per heavy atom. The van der Waals surface area contributed by atoms with Crippen molar-refractivity contribution in [2.75, 3.05) is 6.61 Å². The van der Waals surface area contributed by atoms with Crippen LogP contribution in [0.2, 0.25) is 0 Å². The highest BCUT2D eigenvalue weighted by Crippen LogP contribution is 2.04. The third kappa shape index (κ3) is 13.2. The average Bonchev–Trinajstić information content (AvgIpc) is 2.26. The molecule has 0 fully saturated rings. The van der Waals surface area contributed by atoms with Gasteiger partial charge in [0, 0.05) is 0 Å². The number of carbonyl (C=O) groups is 1. The highest BCUT2D eigenvalue weighted by Gasteiger charge is 1.87. The molecule has 15 heavy (non-hydrogen) atoms. The van der Waals surface area contributed by atoms with Gasteiger partial charge in [0.1, 0.15) is 0 Å². The van der Waals surface area contributed by atoms with Crippen molar-refractivity contribution in [1.29, 1.82) is 0 Å². The number of unbranched alkanes of at least 4 members (excludes halogenated alkanes) is 6. The molecule has 0 atom stereocenters. The second-order valence-corrected chi connectivity index (χ2v) is 3.78. The largest absolute Gasteiger partial charge is 0.468 e. The van der Waals surface area contributed by atoms with Gasteiger partial charge in [-0.1, -0.05) is 38.3 Å². The van der Waals surface area contributed by atoms with E-state index in [9.17, 15) is 4.79 Å². The van der Waals surface area contributed by atoms with Crippen molar-refractivity contribution in [2.45, 2.75) is 58.3 Å². The Morgan fingerprint density at radius 3 is 2.20 bits per heavy atom. The highest BCUT2D eigenvalue weighted by molar-refractivity contribution is 5.36. The van der Waals surface area contributed by atoms with Crippen LogP contribution in [0.5, 0.6) is 0 Å². The molecular weight excluding hydrogens is 188 g/mol. The van der Waals surface area contributed by atoms with Gasteiger partial charge in [0.2, 0.25) is 0 Å². The normalized spacial score (nSPS) is 10.7. The lowest BCUT2D eigenvalue weighted by molar-refractivity contribution is -0.128. The molecule has 0 bridgehead atoms. The van der Waals surface area contributed by atoms with E-state index >= 15 is 0 Å². The van der Waals surface area contributed by atoms with Gasteiger partial charge in [-0.05, 0) is 32.1 Å². The Kier molecular flexibility index (Phi) is 12.5. The Labute approximate surface area is 93.7 Å². The molecule has 0 rings (SSSR count). The first-order valence-electron chi connectivity index (χ1n) is 6.12. The van der Waals surface area contributed by atoms with E-state index in [1.165, 1.54) is 32.1 Å². The van der Waals surface area contributed by atoms with Gasteiger partial charge in [0.15, 0.2) is 0 Å². The van der Waals surface area contributed by atoms with Crippen LogP contribution in [0.4, 0.5) is 0 Å². The summed E-state index contributed by atoms with van der Waals surface area (Å²) in [6, 6.07) is 0. The minimum Gasteiger partial charge on any atom is -0.468 e. The van der Waals surface area contributed by atoms with Gasteiger partial charge in [-0.15, -0.1) is 0 Å². The van der Waals surface area contributed by atoms with Crippen molar-refractivity contribution < 1.29 is 9.53 Å². The second-order valence-electron chi connectivity index (χ2n) is 3.78. The molecule has 0 aliphatic rings. The Bertz CT molecular complexity index is 153. The molecule has 0 aliphatic heterocycles.